The highest BCUT2D eigenvalue weighted by molar-refractivity contribution is 6.05. The predicted molar refractivity (Wildman–Crippen MR) is 144 cm³/mol. The van der Waals surface area contributed by atoms with Gasteiger partial charge in [0.1, 0.15) is 0 Å². The Morgan fingerprint density at radius 2 is 1.39 bits per heavy atom. The topological polar surface area (TPSA) is 91.8 Å². The number of pyridine rings is 1. The van der Waals surface area contributed by atoms with Gasteiger partial charge in [-0.1, -0.05) is 18.2 Å². The van der Waals surface area contributed by atoms with Gasteiger partial charge in [0.05, 0.1) is 13.2 Å². The highest BCUT2D eigenvalue weighted by atomic mass is 16.5. The van der Waals surface area contributed by atoms with Crippen molar-refractivity contribution >= 4 is 23.4 Å². The monoisotopic (exact) mass is 512 g/mol. The first-order valence-corrected chi connectivity index (χ1v) is 13.1. The maximum atomic E-state index is 13.3. The Hall–Kier alpha value is -4.04. The van der Waals surface area contributed by atoms with Crippen molar-refractivity contribution in [1.82, 2.24) is 14.8 Å². The van der Waals surface area contributed by atoms with E-state index >= 15 is 0 Å². The number of rotatable bonds is 5. The lowest BCUT2D eigenvalue weighted by Crippen LogP contribution is -2.40. The third kappa shape index (κ3) is 5.75. The van der Waals surface area contributed by atoms with Gasteiger partial charge in [0.25, 0.3) is 17.7 Å². The van der Waals surface area contributed by atoms with Crippen LogP contribution in [0, 0.1) is 6.92 Å². The molecule has 0 spiro atoms. The molecule has 0 atom stereocenters. The van der Waals surface area contributed by atoms with Crippen molar-refractivity contribution in [3.63, 3.8) is 0 Å². The molecule has 2 aliphatic heterocycles. The van der Waals surface area contributed by atoms with E-state index in [-0.39, 0.29) is 17.7 Å². The van der Waals surface area contributed by atoms with Crippen LogP contribution >= 0.6 is 0 Å². The molecule has 2 fully saturated rings. The molecule has 3 amide bonds. The summed E-state index contributed by atoms with van der Waals surface area (Å²) in [5, 5.41) is 2.92. The molecule has 0 saturated carbocycles. The van der Waals surface area contributed by atoms with Crippen LogP contribution in [0.1, 0.15) is 61.0 Å². The number of amides is 3. The SMILES string of the molecule is Cc1ccc(C(=O)N2CCC(c3ccc(C(=O)N4CCOCC4)cc3)CC2)cc1NC(=O)c1ccncc1. The second kappa shape index (κ2) is 11.6. The number of piperidine rings is 1. The van der Waals surface area contributed by atoms with Crippen LogP contribution in [0.3, 0.4) is 0 Å². The number of carbonyl (C=O) groups is 3. The number of hydrogen-bond donors (Lipinski definition) is 1. The summed E-state index contributed by atoms with van der Waals surface area (Å²) in [5.74, 6) is 0.127. The van der Waals surface area contributed by atoms with E-state index in [0.29, 0.717) is 67.7 Å². The van der Waals surface area contributed by atoms with Crippen molar-refractivity contribution in [3.8, 4) is 0 Å². The number of hydrogen-bond acceptors (Lipinski definition) is 5. The van der Waals surface area contributed by atoms with Gasteiger partial charge in [-0.15, -0.1) is 0 Å². The third-order valence-electron chi connectivity index (χ3n) is 7.38. The van der Waals surface area contributed by atoms with Gasteiger partial charge >= 0.3 is 0 Å². The average Bonchev–Trinajstić information content (AvgIpc) is 2.98. The van der Waals surface area contributed by atoms with E-state index in [1.807, 2.05) is 53.1 Å². The number of ether oxygens (including phenoxy) is 1. The first-order chi connectivity index (χ1) is 18.5. The zero-order valence-corrected chi connectivity index (χ0v) is 21.6. The Bertz CT molecular complexity index is 1300. The van der Waals surface area contributed by atoms with Crippen LogP contribution in [0.25, 0.3) is 0 Å². The number of nitrogens with one attached hydrogen (secondary N) is 1. The quantitative estimate of drug-likeness (QED) is 0.555. The Kier molecular flexibility index (Phi) is 7.79. The van der Waals surface area contributed by atoms with E-state index in [1.165, 1.54) is 5.56 Å². The molecule has 0 radical (unpaired) electrons. The first-order valence-electron chi connectivity index (χ1n) is 13.1. The van der Waals surface area contributed by atoms with Crippen LogP contribution in [0.2, 0.25) is 0 Å². The van der Waals surface area contributed by atoms with Crippen LogP contribution in [0.15, 0.2) is 67.0 Å². The minimum atomic E-state index is -0.237. The molecule has 0 aliphatic carbocycles. The third-order valence-corrected chi connectivity index (χ3v) is 7.38. The standard InChI is InChI=1S/C30H32N4O4/c1-21-2-3-26(20-27(21)32-28(35)24-8-12-31-13-9-24)30(37)33-14-10-23(11-15-33)22-4-6-25(7-5-22)29(36)34-16-18-38-19-17-34/h2-9,12-13,20,23H,10-11,14-19H2,1H3,(H,32,35). The molecule has 2 saturated heterocycles. The van der Waals surface area contributed by atoms with Crippen molar-refractivity contribution < 1.29 is 19.1 Å². The maximum Gasteiger partial charge on any atom is 0.255 e. The lowest BCUT2D eigenvalue weighted by molar-refractivity contribution is 0.0303. The summed E-state index contributed by atoms with van der Waals surface area (Å²) in [7, 11) is 0. The lowest BCUT2D eigenvalue weighted by atomic mass is 9.88. The molecule has 8 nitrogen and oxygen atoms in total. The summed E-state index contributed by atoms with van der Waals surface area (Å²) in [6.07, 6.45) is 4.87. The van der Waals surface area contributed by atoms with Crippen molar-refractivity contribution in [3.05, 3.63) is 94.8 Å². The second-order valence-electron chi connectivity index (χ2n) is 9.81. The molecular weight excluding hydrogens is 480 g/mol. The molecule has 38 heavy (non-hydrogen) atoms. The number of aromatic nitrogens is 1. The number of aryl methyl sites for hydroxylation is 1. The number of carbonyl (C=O) groups excluding carboxylic acids is 3. The van der Waals surface area contributed by atoms with Gasteiger partial charge in [0, 0.05) is 61.0 Å². The second-order valence-corrected chi connectivity index (χ2v) is 9.81. The fourth-order valence-electron chi connectivity index (χ4n) is 5.03. The molecule has 2 aromatic carbocycles. The fraction of sp³-hybridized carbons (Fsp3) is 0.333. The number of morpholine rings is 1. The average molecular weight is 513 g/mol. The van der Waals surface area contributed by atoms with Crippen LogP contribution in [0.4, 0.5) is 5.69 Å². The Balaban J connectivity index is 1.18. The number of nitrogens with zero attached hydrogens (tertiary/aromatic N) is 3. The van der Waals surface area contributed by atoms with Gasteiger partial charge < -0.3 is 19.9 Å². The molecule has 8 heteroatoms. The number of anilines is 1. The number of likely N-dealkylation sites (tertiary alicyclic amines) is 1. The van der Waals surface area contributed by atoms with E-state index in [9.17, 15) is 14.4 Å². The van der Waals surface area contributed by atoms with Crippen molar-refractivity contribution in [2.24, 2.45) is 0 Å². The molecule has 2 aliphatic rings. The van der Waals surface area contributed by atoms with Gasteiger partial charge in [-0.05, 0) is 73.2 Å². The lowest BCUT2D eigenvalue weighted by Gasteiger charge is -2.32. The summed E-state index contributed by atoms with van der Waals surface area (Å²) in [6, 6.07) is 16.7. The maximum absolute atomic E-state index is 13.3. The Morgan fingerprint density at radius 3 is 2.08 bits per heavy atom. The largest absolute Gasteiger partial charge is 0.378 e. The summed E-state index contributed by atoms with van der Waals surface area (Å²) in [4.78, 5) is 46.3. The molecule has 5 rings (SSSR count). The van der Waals surface area contributed by atoms with Gasteiger partial charge in [-0.2, -0.15) is 0 Å². The molecule has 196 valence electrons. The molecule has 1 N–H and O–H groups in total. The molecule has 0 bridgehead atoms. The first kappa shape index (κ1) is 25.6. The summed E-state index contributed by atoms with van der Waals surface area (Å²) in [6.45, 7) is 5.66. The van der Waals surface area contributed by atoms with Crippen LogP contribution < -0.4 is 5.32 Å². The summed E-state index contributed by atoms with van der Waals surface area (Å²) < 4.78 is 5.34. The van der Waals surface area contributed by atoms with E-state index < -0.39 is 0 Å². The van der Waals surface area contributed by atoms with Crippen molar-refractivity contribution in [2.75, 3.05) is 44.7 Å². The van der Waals surface area contributed by atoms with Crippen LogP contribution in [-0.2, 0) is 4.74 Å². The van der Waals surface area contributed by atoms with Gasteiger partial charge in [0.15, 0.2) is 0 Å². The fourth-order valence-corrected chi connectivity index (χ4v) is 5.03. The molecule has 0 unspecified atom stereocenters. The van der Waals surface area contributed by atoms with Crippen LogP contribution in [0.5, 0.6) is 0 Å². The van der Waals surface area contributed by atoms with Crippen molar-refractivity contribution in [1.29, 1.82) is 0 Å². The Morgan fingerprint density at radius 1 is 0.789 bits per heavy atom. The molecule has 1 aromatic heterocycles. The van der Waals surface area contributed by atoms with Crippen LogP contribution in [-0.4, -0.2) is 71.9 Å². The van der Waals surface area contributed by atoms with Gasteiger partial charge in [0.2, 0.25) is 0 Å². The molecule has 3 aromatic rings. The zero-order chi connectivity index (χ0) is 26.5. The van der Waals surface area contributed by atoms with Gasteiger partial charge in [-0.25, -0.2) is 0 Å². The minimum Gasteiger partial charge on any atom is -0.378 e. The van der Waals surface area contributed by atoms with E-state index in [0.717, 1.165) is 18.4 Å². The minimum absolute atomic E-state index is 0.0330. The normalized spacial score (nSPS) is 16.2. The smallest absolute Gasteiger partial charge is 0.255 e. The highest BCUT2D eigenvalue weighted by Crippen LogP contribution is 2.29. The predicted octanol–water partition coefficient (Wildman–Crippen LogP) is 4.13. The van der Waals surface area contributed by atoms with Gasteiger partial charge in [-0.3, -0.25) is 19.4 Å². The highest BCUT2D eigenvalue weighted by Gasteiger charge is 2.26. The van der Waals surface area contributed by atoms with E-state index in [4.69, 9.17) is 4.74 Å². The van der Waals surface area contributed by atoms with E-state index in [2.05, 4.69) is 10.3 Å². The van der Waals surface area contributed by atoms with E-state index in [1.54, 1.807) is 30.6 Å². The summed E-state index contributed by atoms with van der Waals surface area (Å²) >= 11 is 0. The summed E-state index contributed by atoms with van der Waals surface area (Å²) in [5.41, 5.74) is 4.49. The zero-order valence-electron chi connectivity index (χ0n) is 21.6. The number of benzene rings is 2. The van der Waals surface area contributed by atoms with Crippen molar-refractivity contribution in [2.45, 2.75) is 25.7 Å². The Labute approximate surface area is 222 Å². The molecular formula is C30H32N4O4. The molecule has 3 heterocycles.